The van der Waals surface area contributed by atoms with Crippen LogP contribution in [0.25, 0.3) is 11.3 Å². The first-order chi connectivity index (χ1) is 10.5. The summed E-state index contributed by atoms with van der Waals surface area (Å²) >= 11 is 0. The van der Waals surface area contributed by atoms with Gasteiger partial charge in [0.15, 0.2) is 0 Å². The predicted octanol–water partition coefficient (Wildman–Crippen LogP) is 3.03. The minimum absolute atomic E-state index is 0.0419. The quantitative estimate of drug-likeness (QED) is 0.746. The highest BCUT2D eigenvalue weighted by molar-refractivity contribution is 7.90. The van der Waals surface area contributed by atoms with Crippen molar-refractivity contribution in [2.75, 3.05) is 0 Å². The van der Waals surface area contributed by atoms with Gasteiger partial charge in [-0.2, -0.15) is 0 Å². The second kappa shape index (κ2) is 5.38. The molecule has 111 valence electrons. The molecule has 2 heterocycles. The van der Waals surface area contributed by atoms with E-state index in [4.69, 9.17) is 0 Å². The van der Waals surface area contributed by atoms with Crippen LogP contribution in [0.15, 0.2) is 59.8 Å². The fourth-order valence-electron chi connectivity index (χ4n) is 2.10. The minimum Gasteiger partial charge on any atom is -0.260 e. The summed E-state index contributed by atoms with van der Waals surface area (Å²) in [6.07, 6.45) is 2.56. The van der Waals surface area contributed by atoms with Crippen LogP contribution in [0, 0.1) is 18.8 Å². The summed E-state index contributed by atoms with van der Waals surface area (Å²) < 4.78 is 40.3. The zero-order valence-electron chi connectivity index (χ0n) is 11.7. The molecule has 22 heavy (non-hydrogen) atoms. The Bertz CT molecular complexity index is 915. The van der Waals surface area contributed by atoms with Crippen molar-refractivity contribution in [2.45, 2.75) is 11.8 Å². The molecule has 0 unspecified atom stereocenters. The van der Waals surface area contributed by atoms with Crippen LogP contribution in [0.5, 0.6) is 0 Å². The van der Waals surface area contributed by atoms with Crippen LogP contribution in [-0.2, 0) is 10.0 Å². The Kier molecular flexibility index (Phi) is 3.54. The summed E-state index contributed by atoms with van der Waals surface area (Å²) in [5, 5.41) is 0. The number of pyridine rings is 1. The first kappa shape index (κ1) is 14.5. The van der Waals surface area contributed by atoms with E-state index in [1.54, 1.807) is 25.1 Å². The van der Waals surface area contributed by atoms with Crippen LogP contribution < -0.4 is 0 Å². The van der Waals surface area contributed by atoms with Crippen molar-refractivity contribution in [1.29, 1.82) is 0 Å². The number of rotatable bonds is 3. The lowest BCUT2D eigenvalue weighted by molar-refractivity contribution is 0.587. The molecular formula is C16H12FN2O2S. The highest BCUT2D eigenvalue weighted by atomic mass is 32.2. The smallest absolute Gasteiger partial charge is 0.260 e. The first-order valence-electron chi connectivity index (χ1n) is 6.52. The molecule has 0 saturated heterocycles. The van der Waals surface area contributed by atoms with Crippen LogP contribution in [0.2, 0.25) is 0 Å². The predicted molar refractivity (Wildman–Crippen MR) is 80.2 cm³/mol. The Morgan fingerprint density at radius 1 is 1.18 bits per heavy atom. The van der Waals surface area contributed by atoms with Crippen molar-refractivity contribution >= 4 is 10.0 Å². The van der Waals surface area contributed by atoms with Crippen LogP contribution in [0.1, 0.15) is 5.69 Å². The van der Waals surface area contributed by atoms with E-state index in [0.29, 0.717) is 5.69 Å². The van der Waals surface area contributed by atoms with E-state index in [-0.39, 0.29) is 16.2 Å². The molecule has 3 aromatic rings. The molecule has 1 aromatic carbocycles. The lowest BCUT2D eigenvalue weighted by Crippen LogP contribution is -2.13. The lowest BCUT2D eigenvalue weighted by atomic mass is 10.1. The van der Waals surface area contributed by atoms with Crippen LogP contribution >= 0.6 is 0 Å². The molecule has 2 aromatic heterocycles. The van der Waals surface area contributed by atoms with Gasteiger partial charge in [0.2, 0.25) is 0 Å². The van der Waals surface area contributed by atoms with Crippen molar-refractivity contribution in [2.24, 2.45) is 0 Å². The summed E-state index contributed by atoms with van der Waals surface area (Å²) in [5.74, 6) is -0.493. The van der Waals surface area contributed by atoms with E-state index < -0.39 is 15.8 Å². The van der Waals surface area contributed by atoms with E-state index in [1.165, 1.54) is 36.7 Å². The van der Waals surface area contributed by atoms with Crippen molar-refractivity contribution in [1.82, 2.24) is 8.96 Å². The number of aromatic nitrogens is 2. The maximum Gasteiger partial charge on any atom is 0.269 e. The molecule has 0 atom stereocenters. The van der Waals surface area contributed by atoms with E-state index in [1.807, 2.05) is 0 Å². The molecule has 0 aliphatic heterocycles. The fraction of sp³-hybridized carbons (Fsp3) is 0.0625. The molecule has 3 rings (SSSR count). The van der Waals surface area contributed by atoms with Gasteiger partial charge in [-0.05, 0) is 37.3 Å². The van der Waals surface area contributed by atoms with Crippen molar-refractivity contribution in [3.63, 3.8) is 0 Å². The molecule has 0 aliphatic rings. The van der Waals surface area contributed by atoms with Gasteiger partial charge < -0.3 is 0 Å². The van der Waals surface area contributed by atoms with Crippen molar-refractivity contribution in [3.8, 4) is 11.3 Å². The fourth-order valence-corrected chi connectivity index (χ4v) is 3.36. The average Bonchev–Trinajstić information content (AvgIpc) is 2.98. The summed E-state index contributed by atoms with van der Waals surface area (Å²) in [7, 11) is -3.85. The van der Waals surface area contributed by atoms with Gasteiger partial charge in [-0.3, -0.25) is 4.98 Å². The van der Waals surface area contributed by atoms with Crippen molar-refractivity contribution in [3.05, 3.63) is 72.4 Å². The maximum atomic E-state index is 13.9. The molecular weight excluding hydrogens is 303 g/mol. The number of hydrogen-bond donors (Lipinski definition) is 0. The van der Waals surface area contributed by atoms with E-state index >= 15 is 0 Å². The van der Waals surface area contributed by atoms with E-state index in [9.17, 15) is 12.8 Å². The molecule has 0 spiro atoms. The summed E-state index contributed by atoms with van der Waals surface area (Å²) in [6.45, 7) is 1.77. The minimum atomic E-state index is -3.85. The van der Waals surface area contributed by atoms with Crippen LogP contribution in [0.4, 0.5) is 4.39 Å². The molecule has 0 saturated carbocycles. The molecule has 0 aliphatic carbocycles. The zero-order chi connectivity index (χ0) is 15.7. The van der Waals surface area contributed by atoms with Gasteiger partial charge >= 0.3 is 0 Å². The van der Waals surface area contributed by atoms with Gasteiger partial charge in [0, 0.05) is 29.7 Å². The van der Waals surface area contributed by atoms with Crippen LogP contribution in [0.3, 0.4) is 0 Å². The highest BCUT2D eigenvalue weighted by Gasteiger charge is 2.21. The first-order valence-corrected chi connectivity index (χ1v) is 7.96. The zero-order valence-corrected chi connectivity index (χ0v) is 12.5. The molecule has 1 radical (unpaired) electrons. The molecule has 4 nitrogen and oxygen atoms in total. The largest absolute Gasteiger partial charge is 0.269 e. The number of aryl methyl sites for hydroxylation is 1. The third-order valence-electron chi connectivity index (χ3n) is 3.24. The van der Waals surface area contributed by atoms with Gasteiger partial charge in [0.05, 0.1) is 5.69 Å². The molecule has 0 bridgehead atoms. The number of halogens is 1. The van der Waals surface area contributed by atoms with Gasteiger partial charge in [0.1, 0.15) is 10.7 Å². The SMILES string of the molecule is Cc1ccc(S(=O)(=O)n2c[c]cc2-c2ccccc2F)cn1. The number of nitrogens with zero attached hydrogens (tertiary/aromatic N) is 2. The Morgan fingerprint density at radius 2 is 1.95 bits per heavy atom. The second-order valence-corrected chi connectivity index (χ2v) is 6.56. The molecule has 6 heteroatoms. The number of hydrogen-bond acceptors (Lipinski definition) is 3. The standard InChI is InChI=1S/C16H12FN2O2S/c1-12-8-9-13(11-18-12)22(20,21)19-10-4-7-16(19)14-5-2-3-6-15(14)17/h2-3,5-11H,1H3. The Labute approximate surface area is 127 Å². The maximum absolute atomic E-state index is 13.9. The molecule has 0 N–H and O–H groups in total. The second-order valence-electron chi connectivity index (χ2n) is 4.74. The summed E-state index contributed by atoms with van der Waals surface area (Å²) in [4.78, 5) is 4.04. The van der Waals surface area contributed by atoms with Gasteiger partial charge in [0.25, 0.3) is 10.0 Å². The molecule has 0 fully saturated rings. The van der Waals surface area contributed by atoms with Crippen molar-refractivity contribution < 1.29 is 12.8 Å². The third-order valence-corrected chi connectivity index (χ3v) is 4.90. The Balaban J connectivity index is 2.16. The molecule has 0 amide bonds. The summed E-state index contributed by atoms with van der Waals surface area (Å²) in [5.41, 5.74) is 1.14. The van der Waals surface area contributed by atoms with E-state index in [2.05, 4.69) is 11.1 Å². The Hall–Kier alpha value is -2.47. The average molecular weight is 315 g/mol. The van der Waals surface area contributed by atoms with Crippen LogP contribution in [-0.4, -0.2) is 17.4 Å². The van der Waals surface area contributed by atoms with Gasteiger partial charge in [-0.15, -0.1) is 0 Å². The monoisotopic (exact) mass is 315 g/mol. The highest BCUT2D eigenvalue weighted by Crippen LogP contribution is 2.26. The third kappa shape index (κ3) is 2.42. The van der Waals surface area contributed by atoms with Gasteiger partial charge in [-0.1, -0.05) is 12.1 Å². The lowest BCUT2D eigenvalue weighted by Gasteiger charge is -2.11. The van der Waals surface area contributed by atoms with Gasteiger partial charge in [-0.25, -0.2) is 16.8 Å². The van der Waals surface area contributed by atoms with E-state index in [0.717, 1.165) is 3.97 Å². The normalized spacial score (nSPS) is 11.5. The number of benzene rings is 1. The summed E-state index contributed by atoms with van der Waals surface area (Å²) in [6, 6.07) is 13.2. The topological polar surface area (TPSA) is 52.0 Å². The Morgan fingerprint density at radius 3 is 2.64 bits per heavy atom.